The first kappa shape index (κ1) is 15.0. The fourth-order valence-electron chi connectivity index (χ4n) is 2.54. The zero-order valence-electron chi connectivity index (χ0n) is 11.5. The van der Waals surface area contributed by atoms with Crippen LogP contribution in [0.15, 0.2) is 0 Å². The minimum atomic E-state index is -0.839. The number of hydrogen-bond donors (Lipinski definition) is 1. The topological polar surface area (TPSA) is 49.8 Å². The van der Waals surface area contributed by atoms with E-state index in [0.717, 1.165) is 16.9 Å². The number of nitrogen functional groups attached to an aromatic ring is 1. The third-order valence-corrected chi connectivity index (χ3v) is 4.34. The molecule has 2 nitrogen and oxygen atoms in total. The van der Waals surface area contributed by atoms with Crippen molar-refractivity contribution in [2.24, 2.45) is 5.92 Å². The Morgan fingerprint density at radius 2 is 2.06 bits per heavy atom. The maximum atomic E-state index is 14.0. The van der Waals surface area contributed by atoms with E-state index in [4.69, 9.17) is 11.0 Å². The van der Waals surface area contributed by atoms with Crippen molar-refractivity contribution in [3.05, 3.63) is 16.0 Å². The van der Waals surface area contributed by atoms with Crippen molar-refractivity contribution in [3.63, 3.8) is 0 Å². The number of rotatable bonds is 1. The van der Waals surface area contributed by atoms with Gasteiger partial charge in [-0.15, -0.1) is 11.3 Å². The predicted octanol–water partition coefficient (Wildman–Crippen LogP) is 4.25. The molecule has 0 spiro atoms. The summed E-state index contributed by atoms with van der Waals surface area (Å²) in [6, 6.07) is 2.13. The smallest absolute Gasteiger partial charge is 0.108 e. The lowest BCUT2D eigenvalue weighted by molar-refractivity contribution is 0.216. The summed E-state index contributed by atoms with van der Waals surface area (Å²) in [5.41, 5.74) is 7.22. The van der Waals surface area contributed by atoms with Crippen LogP contribution in [-0.2, 0) is 6.42 Å². The lowest BCUT2D eigenvalue weighted by Crippen LogP contribution is -2.25. The summed E-state index contributed by atoms with van der Waals surface area (Å²) in [6.07, 6.45) is 0.435. The van der Waals surface area contributed by atoms with E-state index in [0.29, 0.717) is 17.0 Å². The summed E-state index contributed by atoms with van der Waals surface area (Å²) in [4.78, 5) is 1.11. The van der Waals surface area contributed by atoms with Crippen LogP contribution in [0.3, 0.4) is 0 Å². The van der Waals surface area contributed by atoms with Gasteiger partial charge in [-0.2, -0.15) is 5.26 Å². The van der Waals surface area contributed by atoms with Gasteiger partial charge in [0, 0.05) is 10.8 Å². The summed E-state index contributed by atoms with van der Waals surface area (Å²) in [5.74, 6) is 0.0436. The number of fused-ring (bicyclic) bond motifs is 1. The molecule has 0 saturated heterocycles. The molecule has 1 aliphatic carbocycles. The second kappa shape index (κ2) is 6.19. The highest BCUT2D eigenvalue weighted by molar-refractivity contribution is 7.16. The van der Waals surface area contributed by atoms with Crippen molar-refractivity contribution < 1.29 is 4.39 Å². The first-order chi connectivity index (χ1) is 8.56. The average Bonchev–Trinajstić information content (AvgIpc) is 2.66. The summed E-state index contributed by atoms with van der Waals surface area (Å²) >= 11 is 1.45. The molecule has 2 unspecified atom stereocenters. The number of anilines is 1. The Hall–Kier alpha value is -1.08. The van der Waals surface area contributed by atoms with E-state index < -0.39 is 6.17 Å². The van der Waals surface area contributed by atoms with Crippen molar-refractivity contribution in [2.75, 3.05) is 5.73 Å². The molecule has 0 bridgehead atoms. The molecule has 2 N–H and O–H groups in total. The fourth-order valence-corrected chi connectivity index (χ4v) is 3.64. The van der Waals surface area contributed by atoms with Crippen LogP contribution in [0.1, 0.15) is 56.0 Å². The first-order valence-corrected chi connectivity index (χ1v) is 7.33. The molecule has 100 valence electrons. The Balaban J connectivity index is 0.000000771. The molecule has 18 heavy (non-hydrogen) atoms. The number of thiophene rings is 1. The molecule has 0 fully saturated rings. The van der Waals surface area contributed by atoms with E-state index in [1.165, 1.54) is 11.3 Å². The SMILES string of the molecule is CC.CC(C)C1c2c(sc(N)c2C#N)CCC1F. The lowest BCUT2D eigenvalue weighted by atomic mass is 9.77. The fraction of sp³-hybridized carbons (Fsp3) is 0.643. The summed E-state index contributed by atoms with van der Waals surface area (Å²) in [5, 5.41) is 9.65. The highest BCUT2D eigenvalue weighted by Gasteiger charge is 2.36. The molecule has 2 atom stereocenters. The van der Waals surface area contributed by atoms with Crippen molar-refractivity contribution in [1.29, 1.82) is 5.26 Å². The molecule has 0 radical (unpaired) electrons. The van der Waals surface area contributed by atoms with E-state index >= 15 is 0 Å². The van der Waals surface area contributed by atoms with Crippen LogP contribution >= 0.6 is 11.3 Å². The van der Waals surface area contributed by atoms with Crippen molar-refractivity contribution in [2.45, 2.75) is 52.6 Å². The number of halogens is 1. The molecule has 2 rings (SSSR count). The molecule has 4 heteroatoms. The number of nitriles is 1. The minimum Gasteiger partial charge on any atom is -0.389 e. The molecule has 1 aromatic heterocycles. The maximum absolute atomic E-state index is 14.0. The highest BCUT2D eigenvalue weighted by Crippen LogP contribution is 2.45. The molecule has 0 saturated carbocycles. The van der Waals surface area contributed by atoms with Crippen LogP contribution in [0.4, 0.5) is 9.39 Å². The third-order valence-electron chi connectivity index (χ3n) is 3.25. The number of hydrogen-bond acceptors (Lipinski definition) is 3. The van der Waals surface area contributed by atoms with Gasteiger partial charge in [0.05, 0.1) is 5.56 Å². The highest BCUT2D eigenvalue weighted by atomic mass is 32.1. The molecule has 1 heterocycles. The molecule has 0 aromatic carbocycles. The Morgan fingerprint density at radius 1 is 1.44 bits per heavy atom. The summed E-state index contributed by atoms with van der Waals surface area (Å²) in [6.45, 7) is 8.00. The van der Waals surface area contributed by atoms with Crippen LogP contribution in [0.5, 0.6) is 0 Å². The van der Waals surface area contributed by atoms with Crippen LogP contribution in [0.25, 0.3) is 0 Å². The van der Waals surface area contributed by atoms with Gasteiger partial charge in [-0.25, -0.2) is 4.39 Å². The van der Waals surface area contributed by atoms with E-state index in [1.54, 1.807) is 0 Å². The van der Waals surface area contributed by atoms with Gasteiger partial charge in [0.2, 0.25) is 0 Å². The zero-order chi connectivity index (χ0) is 13.9. The van der Waals surface area contributed by atoms with Crippen LogP contribution in [0, 0.1) is 17.2 Å². The largest absolute Gasteiger partial charge is 0.389 e. The molecule has 0 amide bonds. The molecular formula is C14H21FN2S. The monoisotopic (exact) mass is 268 g/mol. The van der Waals surface area contributed by atoms with Gasteiger partial charge in [-0.3, -0.25) is 0 Å². The minimum absolute atomic E-state index is 0.160. The Bertz CT molecular complexity index is 445. The predicted molar refractivity (Wildman–Crippen MR) is 75.6 cm³/mol. The van der Waals surface area contributed by atoms with Crippen LogP contribution < -0.4 is 5.73 Å². The van der Waals surface area contributed by atoms with E-state index in [-0.39, 0.29) is 11.8 Å². The van der Waals surface area contributed by atoms with Crippen LogP contribution in [0.2, 0.25) is 0 Å². The normalized spacial score (nSPS) is 21.8. The van der Waals surface area contributed by atoms with Gasteiger partial charge in [0.25, 0.3) is 0 Å². The van der Waals surface area contributed by atoms with Gasteiger partial charge in [0.1, 0.15) is 17.2 Å². The summed E-state index contributed by atoms with van der Waals surface area (Å²) in [7, 11) is 0. The maximum Gasteiger partial charge on any atom is 0.108 e. The van der Waals surface area contributed by atoms with Crippen molar-refractivity contribution in [1.82, 2.24) is 0 Å². The Morgan fingerprint density at radius 3 is 2.56 bits per heavy atom. The van der Waals surface area contributed by atoms with Crippen molar-refractivity contribution in [3.8, 4) is 6.07 Å². The number of nitrogens with two attached hydrogens (primary N) is 1. The number of nitrogens with zero attached hydrogens (tertiary/aromatic N) is 1. The van der Waals surface area contributed by atoms with Gasteiger partial charge in [-0.05, 0) is 24.3 Å². The standard InChI is InChI=1S/C12H15FN2S.C2H6/c1-6(2)10-8(13)3-4-9-11(10)7(5-14)12(15)16-9;1-2/h6,8,10H,3-4,15H2,1-2H3;1-2H3. The first-order valence-electron chi connectivity index (χ1n) is 6.51. The van der Waals surface area contributed by atoms with Gasteiger partial charge >= 0.3 is 0 Å². The second-order valence-electron chi connectivity index (χ2n) is 4.61. The van der Waals surface area contributed by atoms with Crippen LogP contribution in [-0.4, -0.2) is 6.17 Å². The van der Waals surface area contributed by atoms with Crippen molar-refractivity contribution >= 4 is 16.3 Å². The quantitative estimate of drug-likeness (QED) is 0.827. The lowest BCUT2D eigenvalue weighted by Gasteiger charge is -2.29. The number of alkyl halides is 1. The number of aryl methyl sites for hydroxylation is 1. The van der Waals surface area contributed by atoms with E-state index in [9.17, 15) is 4.39 Å². The molecule has 0 aliphatic heterocycles. The van der Waals surface area contributed by atoms with E-state index in [1.807, 2.05) is 27.7 Å². The molecular weight excluding hydrogens is 247 g/mol. The molecule has 1 aromatic rings. The average molecular weight is 268 g/mol. The zero-order valence-corrected chi connectivity index (χ0v) is 12.3. The second-order valence-corrected chi connectivity index (χ2v) is 5.75. The van der Waals surface area contributed by atoms with Gasteiger partial charge in [-0.1, -0.05) is 27.7 Å². The Kier molecular flexibility index (Phi) is 5.15. The third kappa shape index (κ3) is 2.51. The Labute approximate surface area is 113 Å². The van der Waals surface area contributed by atoms with E-state index in [2.05, 4.69) is 6.07 Å². The summed E-state index contributed by atoms with van der Waals surface area (Å²) < 4.78 is 14.0. The van der Waals surface area contributed by atoms with Gasteiger partial charge < -0.3 is 5.73 Å². The van der Waals surface area contributed by atoms with Gasteiger partial charge in [0.15, 0.2) is 0 Å². The molecule has 1 aliphatic rings.